The molecule has 1 unspecified atom stereocenters. The van der Waals surface area contributed by atoms with Crippen molar-refractivity contribution in [2.45, 2.75) is 23.7 Å². The number of hydrogen-bond acceptors (Lipinski definition) is 5. The molecule has 88 heavy (non-hydrogen) atoms. The van der Waals surface area contributed by atoms with E-state index < -0.39 is 10.8 Å². The van der Waals surface area contributed by atoms with Crippen LogP contribution in [0.3, 0.4) is 0 Å². The third kappa shape index (κ3) is 7.15. The first-order chi connectivity index (χ1) is 43.6. The Hall–Kier alpha value is -11.5. The van der Waals surface area contributed by atoms with Crippen molar-refractivity contribution in [3.05, 3.63) is 341 Å². The van der Waals surface area contributed by atoms with Crippen molar-refractivity contribution >= 4 is 16.5 Å². The zero-order valence-electron chi connectivity index (χ0n) is 47.7. The highest BCUT2D eigenvalue weighted by atomic mass is 16.5. The first kappa shape index (κ1) is 49.9. The summed E-state index contributed by atoms with van der Waals surface area (Å²) in [5.41, 5.74) is 26.2. The highest BCUT2D eigenvalue weighted by Crippen LogP contribution is 2.66. The van der Waals surface area contributed by atoms with Crippen LogP contribution in [0, 0.1) is 11.3 Å². The average Bonchev–Trinajstić information content (AvgIpc) is 1.48. The van der Waals surface area contributed by atoms with Crippen LogP contribution in [0.2, 0.25) is 0 Å². The molecule has 3 aliphatic carbocycles. The number of rotatable bonds is 6. The minimum absolute atomic E-state index is 0.572. The van der Waals surface area contributed by atoms with Crippen molar-refractivity contribution < 1.29 is 9.47 Å². The molecule has 0 radical (unpaired) electrons. The molecule has 18 rings (SSSR count). The molecular formula is C83H51N3O2. The maximum atomic E-state index is 9.76. The Morgan fingerprint density at radius 3 is 1.57 bits per heavy atom. The quantitative estimate of drug-likeness (QED) is 0.166. The fourth-order valence-corrected chi connectivity index (χ4v) is 15.5. The lowest BCUT2D eigenvalue weighted by atomic mass is 9.63. The molecule has 0 saturated carbocycles. The van der Waals surface area contributed by atoms with Crippen molar-refractivity contribution in [3.63, 3.8) is 0 Å². The third-order valence-corrected chi connectivity index (χ3v) is 19.1. The van der Waals surface area contributed by atoms with Crippen molar-refractivity contribution in [2.75, 3.05) is 0 Å². The Morgan fingerprint density at radius 2 is 0.864 bits per heavy atom. The Balaban J connectivity index is 0.769. The van der Waals surface area contributed by atoms with E-state index >= 15 is 0 Å². The number of ether oxygens (including phenoxy) is 2. The van der Waals surface area contributed by atoms with E-state index in [1.54, 1.807) is 0 Å². The zero-order chi connectivity index (χ0) is 58.1. The summed E-state index contributed by atoms with van der Waals surface area (Å²) in [4.78, 5) is 10.9. The van der Waals surface area contributed by atoms with Gasteiger partial charge in [0.05, 0.1) is 33.7 Å². The van der Waals surface area contributed by atoms with Crippen LogP contribution in [-0.2, 0) is 10.8 Å². The Labute approximate surface area is 510 Å². The fourth-order valence-electron chi connectivity index (χ4n) is 15.5. The third-order valence-electron chi connectivity index (χ3n) is 19.1. The molecule has 2 aliphatic heterocycles. The van der Waals surface area contributed by atoms with Gasteiger partial charge in [0, 0.05) is 49.9 Å². The second-order valence-corrected chi connectivity index (χ2v) is 23.6. The summed E-state index contributed by atoms with van der Waals surface area (Å²) in [5.74, 6) is 4.11. The summed E-state index contributed by atoms with van der Waals surface area (Å²) in [6.45, 7) is 0. The summed E-state index contributed by atoms with van der Waals surface area (Å²) in [5, 5.41) is 10.7. The second-order valence-electron chi connectivity index (χ2n) is 23.6. The van der Waals surface area contributed by atoms with Gasteiger partial charge in [-0.1, -0.05) is 231 Å². The van der Waals surface area contributed by atoms with Crippen LogP contribution >= 0.6 is 0 Å². The van der Waals surface area contributed by atoms with Gasteiger partial charge in [0.15, 0.2) is 5.82 Å². The van der Waals surface area contributed by atoms with Crippen LogP contribution in [0.4, 0.5) is 0 Å². The van der Waals surface area contributed by atoms with E-state index in [4.69, 9.17) is 19.4 Å². The van der Waals surface area contributed by atoms with Crippen LogP contribution < -0.4 is 9.47 Å². The van der Waals surface area contributed by atoms with Crippen LogP contribution in [0.1, 0.15) is 62.9 Å². The molecular weight excluding hydrogens is 1070 g/mol. The van der Waals surface area contributed by atoms with Crippen LogP contribution in [0.5, 0.6) is 23.0 Å². The smallest absolute Gasteiger partial charge is 0.160 e. The molecule has 5 heteroatoms. The molecule has 0 amide bonds. The van der Waals surface area contributed by atoms with E-state index in [9.17, 15) is 5.26 Å². The molecule has 2 spiro atoms. The van der Waals surface area contributed by atoms with Gasteiger partial charge >= 0.3 is 0 Å². The SMILES string of the molecule is N#Cc1cccc(-c2cccc(-c3cccc4c3Oc3ccccc3C43C4=C(C=CCC4)c4cc(-c5ccc6c(-c7cccc(-c8cccc9c8Oc8ccccc8C98c9ccccc9-c9ccccc98)c7)nc(-c7ccccc7)nc6c5)ccc43)c2)c1. The summed E-state index contributed by atoms with van der Waals surface area (Å²) in [7, 11) is 0. The summed E-state index contributed by atoms with van der Waals surface area (Å²) in [6.07, 6.45) is 6.55. The molecule has 12 aromatic carbocycles. The molecule has 410 valence electrons. The number of aromatic nitrogens is 2. The normalized spacial score (nSPS) is 15.6. The maximum Gasteiger partial charge on any atom is 0.160 e. The van der Waals surface area contributed by atoms with Crippen molar-refractivity contribution in [1.29, 1.82) is 5.26 Å². The van der Waals surface area contributed by atoms with Gasteiger partial charge in [0.25, 0.3) is 0 Å². The van der Waals surface area contributed by atoms with E-state index in [1.807, 2.05) is 24.3 Å². The van der Waals surface area contributed by atoms with E-state index in [0.717, 1.165) is 130 Å². The van der Waals surface area contributed by atoms with Gasteiger partial charge in [-0.25, -0.2) is 9.97 Å². The predicted molar refractivity (Wildman–Crippen MR) is 352 cm³/mol. The van der Waals surface area contributed by atoms with Gasteiger partial charge in [-0.2, -0.15) is 5.26 Å². The first-order valence-electron chi connectivity index (χ1n) is 30.2. The monoisotopic (exact) mass is 1120 g/mol. The average molecular weight is 1120 g/mol. The van der Waals surface area contributed by atoms with Gasteiger partial charge in [-0.3, -0.25) is 0 Å². The predicted octanol–water partition coefficient (Wildman–Crippen LogP) is 20.5. The lowest BCUT2D eigenvalue weighted by molar-refractivity contribution is 0.433. The highest BCUT2D eigenvalue weighted by molar-refractivity contribution is 5.99. The van der Waals surface area contributed by atoms with E-state index in [1.165, 1.54) is 44.5 Å². The van der Waals surface area contributed by atoms with Crippen molar-refractivity contribution in [1.82, 2.24) is 9.97 Å². The number of para-hydroxylation sites is 4. The number of allylic oxidation sites excluding steroid dienone is 4. The summed E-state index contributed by atoms with van der Waals surface area (Å²) < 4.78 is 14.3. The second kappa shape index (κ2) is 19.3. The standard InChI is InChI=1S/C83H51N3O2/c84-50-51-19-14-22-53(45-51)54-23-15-24-57(46-54)60-30-17-38-74-79(60)88-77-40-13-11-36-72(77)83(74)69-34-9-6-29-64(69)66-48-55(42-44-70(66)83)56-41-43-65-75(49-56)85-81(52-20-2-1-3-21-52)86-78(65)59-26-16-25-58(47-59)61-31-18-37-73-80(61)87-76-39-12-10-35-71(76)82(73)67-32-7-4-27-62(67)63-28-5-8-33-68(63)82/h1-8,10-33,35-49H,9,34H2. The molecule has 0 fully saturated rings. The number of nitriles is 1. The lowest BCUT2D eigenvalue weighted by Gasteiger charge is -2.41. The molecule has 13 aromatic rings. The number of fused-ring (bicyclic) bond motifs is 18. The van der Waals surface area contributed by atoms with Gasteiger partial charge in [-0.05, 0) is 145 Å². The Morgan fingerprint density at radius 1 is 0.364 bits per heavy atom. The number of benzene rings is 12. The summed E-state index contributed by atoms with van der Waals surface area (Å²) in [6, 6.07) is 99.9. The zero-order valence-corrected chi connectivity index (χ0v) is 47.7. The van der Waals surface area contributed by atoms with Crippen molar-refractivity contribution in [2.24, 2.45) is 0 Å². The largest absolute Gasteiger partial charge is 0.456 e. The minimum Gasteiger partial charge on any atom is -0.456 e. The molecule has 1 atom stereocenters. The Bertz CT molecular complexity index is 5210. The highest BCUT2D eigenvalue weighted by Gasteiger charge is 2.54. The number of nitrogens with zero attached hydrogens (tertiary/aromatic N) is 3. The maximum absolute atomic E-state index is 9.76. The van der Waals surface area contributed by atoms with Gasteiger partial charge in [0.1, 0.15) is 23.0 Å². The van der Waals surface area contributed by atoms with E-state index in [2.05, 4.69) is 267 Å². The summed E-state index contributed by atoms with van der Waals surface area (Å²) >= 11 is 0. The van der Waals surface area contributed by atoms with Gasteiger partial charge in [-0.15, -0.1) is 0 Å². The van der Waals surface area contributed by atoms with Crippen LogP contribution in [0.25, 0.3) is 94.8 Å². The van der Waals surface area contributed by atoms with Crippen molar-refractivity contribution in [3.8, 4) is 107 Å². The molecule has 5 nitrogen and oxygen atoms in total. The van der Waals surface area contributed by atoms with Gasteiger partial charge in [0.2, 0.25) is 0 Å². The molecule has 0 N–H and O–H groups in total. The molecule has 5 aliphatic rings. The Kier molecular flexibility index (Phi) is 10.9. The van der Waals surface area contributed by atoms with Gasteiger partial charge < -0.3 is 9.47 Å². The first-order valence-corrected chi connectivity index (χ1v) is 30.2. The molecule has 1 aromatic heterocycles. The van der Waals surface area contributed by atoms with Crippen LogP contribution in [-0.4, -0.2) is 9.97 Å². The molecule has 0 bridgehead atoms. The molecule has 3 heterocycles. The van der Waals surface area contributed by atoms with Crippen LogP contribution in [0.15, 0.2) is 291 Å². The molecule has 0 saturated heterocycles. The lowest BCUT2D eigenvalue weighted by Crippen LogP contribution is -2.33. The fraction of sp³-hybridized carbons (Fsp3) is 0.0482. The minimum atomic E-state index is -0.595. The number of hydrogen-bond donors (Lipinski definition) is 0. The van der Waals surface area contributed by atoms with E-state index in [0.29, 0.717) is 11.4 Å². The van der Waals surface area contributed by atoms with E-state index in [-0.39, 0.29) is 0 Å². The topological polar surface area (TPSA) is 68.0 Å².